The molecule has 64 valence electrons. The van der Waals surface area contributed by atoms with Gasteiger partial charge in [0.05, 0.1) is 0 Å². The largest absolute Gasteiger partial charge is 1.00 e. The van der Waals surface area contributed by atoms with Crippen molar-refractivity contribution in [1.29, 1.82) is 0 Å². The summed E-state index contributed by atoms with van der Waals surface area (Å²) in [5, 5.41) is 8.34. The van der Waals surface area contributed by atoms with E-state index in [1.165, 1.54) is 12.1 Å². The number of furan rings is 1. The molecule has 0 saturated carbocycles. The van der Waals surface area contributed by atoms with Gasteiger partial charge in [0.25, 0.3) is 0 Å². The Hall–Kier alpha value is 0.960. The number of hydrogen-bond acceptors (Lipinski definition) is 4. The molecule has 1 aromatic rings. The van der Waals surface area contributed by atoms with Crippen LogP contribution in [0, 0.1) is 0 Å². The molecular weight excluding hydrogens is 221 g/mol. The summed E-state index contributed by atoms with van der Waals surface area (Å²) in [5.74, 6) is -1.25. The molecule has 1 rings (SSSR count). The minimum absolute atomic E-state index is 0. The SMILES string of the molecule is O=C(O)c1ccc(Cl)o1.[Na+].[Na+].[OH-].[OH-]. The molecule has 5 nitrogen and oxygen atoms in total. The van der Waals surface area contributed by atoms with Gasteiger partial charge in [-0.3, -0.25) is 0 Å². The summed E-state index contributed by atoms with van der Waals surface area (Å²) in [5.41, 5.74) is 0. The van der Waals surface area contributed by atoms with E-state index >= 15 is 0 Å². The molecule has 0 aliphatic carbocycles. The Kier molecular flexibility index (Phi) is 20.1. The Bertz CT molecular complexity index is 239. The van der Waals surface area contributed by atoms with Gasteiger partial charge < -0.3 is 20.5 Å². The zero-order chi connectivity index (χ0) is 6.85. The number of rotatable bonds is 1. The van der Waals surface area contributed by atoms with Crippen molar-refractivity contribution in [3.05, 3.63) is 23.1 Å². The smallest absolute Gasteiger partial charge is 0.870 e. The Morgan fingerprint density at radius 2 is 1.77 bits per heavy atom. The van der Waals surface area contributed by atoms with E-state index in [0.717, 1.165) is 0 Å². The van der Waals surface area contributed by atoms with Crippen molar-refractivity contribution in [2.75, 3.05) is 0 Å². The Balaban J connectivity index is -0.000000101. The van der Waals surface area contributed by atoms with Gasteiger partial charge in [0.1, 0.15) is 0 Å². The molecule has 0 aromatic carbocycles. The third-order valence-corrected chi connectivity index (χ3v) is 0.987. The first-order valence-corrected chi connectivity index (χ1v) is 2.56. The van der Waals surface area contributed by atoms with Gasteiger partial charge in [-0.1, -0.05) is 0 Å². The van der Waals surface area contributed by atoms with E-state index in [1.807, 2.05) is 0 Å². The van der Waals surface area contributed by atoms with E-state index in [0.29, 0.717) is 0 Å². The summed E-state index contributed by atoms with van der Waals surface area (Å²) < 4.78 is 4.51. The predicted molar refractivity (Wildman–Crippen MR) is 34.5 cm³/mol. The average Bonchev–Trinajstić information content (AvgIpc) is 2.14. The number of carboxylic acids is 1. The van der Waals surface area contributed by atoms with Gasteiger partial charge in [0.2, 0.25) is 5.76 Å². The molecule has 0 bridgehead atoms. The minimum Gasteiger partial charge on any atom is -0.870 e. The van der Waals surface area contributed by atoms with E-state index in [9.17, 15) is 4.79 Å². The fourth-order valence-corrected chi connectivity index (χ4v) is 0.575. The summed E-state index contributed by atoms with van der Waals surface area (Å²) in [7, 11) is 0. The van der Waals surface area contributed by atoms with Crippen LogP contribution >= 0.6 is 11.6 Å². The van der Waals surface area contributed by atoms with Gasteiger partial charge in [0, 0.05) is 0 Å². The van der Waals surface area contributed by atoms with Crippen LogP contribution in [0.15, 0.2) is 16.5 Å². The molecule has 3 N–H and O–H groups in total. The maximum Gasteiger partial charge on any atom is 1.00 e. The number of halogens is 1. The molecule has 1 aromatic heterocycles. The third-order valence-electron chi connectivity index (χ3n) is 0.784. The molecule has 8 heteroatoms. The van der Waals surface area contributed by atoms with Gasteiger partial charge in [-0.15, -0.1) is 0 Å². The second-order valence-corrected chi connectivity index (χ2v) is 1.78. The van der Waals surface area contributed by atoms with E-state index < -0.39 is 5.97 Å². The van der Waals surface area contributed by atoms with Crippen LogP contribution in [0.5, 0.6) is 0 Å². The monoisotopic (exact) mass is 226 g/mol. The maximum atomic E-state index is 10.1. The van der Waals surface area contributed by atoms with E-state index in [1.54, 1.807) is 0 Å². The first-order chi connectivity index (χ1) is 4.20. The second-order valence-electron chi connectivity index (χ2n) is 1.41. The summed E-state index contributed by atoms with van der Waals surface area (Å²) in [6.07, 6.45) is 0. The topological polar surface area (TPSA) is 110 Å². The number of hydrogen-bond donors (Lipinski definition) is 1. The first kappa shape index (κ1) is 23.6. The van der Waals surface area contributed by atoms with Crippen molar-refractivity contribution in [1.82, 2.24) is 0 Å². The summed E-state index contributed by atoms with van der Waals surface area (Å²) in [6, 6.07) is 2.68. The van der Waals surface area contributed by atoms with Crippen molar-refractivity contribution < 1.29 is 84.4 Å². The van der Waals surface area contributed by atoms with Crippen LogP contribution in [0.1, 0.15) is 10.6 Å². The van der Waals surface area contributed by atoms with Crippen LogP contribution in [0.3, 0.4) is 0 Å². The van der Waals surface area contributed by atoms with Gasteiger partial charge in [-0.25, -0.2) is 4.79 Å². The summed E-state index contributed by atoms with van der Waals surface area (Å²) in [4.78, 5) is 10.1. The molecule has 0 unspecified atom stereocenters. The molecule has 0 atom stereocenters. The molecule has 0 amide bonds. The van der Waals surface area contributed by atoms with Crippen LogP contribution < -0.4 is 59.1 Å². The molecule has 0 fully saturated rings. The minimum atomic E-state index is -1.11. The van der Waals surface area contributed by atoms with Crippen molar-refractivity contribution >= 4 is 17.6 Å². The number of aromatic carboxylic acids is 1. The zero-order valence-corrected chi connectivity index (χ0v) is 11.9. The molecule has 0 saturated heterocycles. The summed E-state index contributed by atoms with van der Waals surface area (Å²) in [6.45, 7) is 0. The van der Waals surface area contributed by atoms with Gasteiger partial charge in [-0.2, -0.15) is 0 Å². The molecule has 0 spiro atoms. The van der Waals surface area contributed by atoms with Crippen LogP contribution in [0.25, 0.3) is 0 Å². The van der Waals surface area contributed by atoms with Gasteiger partial charge in [-0.05, 0) is 23.7 Å². The predicted octanol–water partition coefficient (Wildman–Crippen LogP) is -4.71. The van der Waals surface area contributed by atoms with Crippen LogP contribution in [0.2, 0.25) is 5.22 Å². The number of carboxylic acid groups (broad SMARTS) is 1. The molecule has 1 heterocycles. The van der Waals surface area contributed by atoms with Crippen LogP contribution in [-0.4, -0.2) is 22.0 Å². The van der Waals surface area contributed by atoms with E-state index in [-0.39, 0.29) is 81.0 Å². The third kappa shape index (κ3) is 7.99. The van der Waals surface area contributed by atoms with Crippen molar-refractivity contribution in [2.45, 2.75) is 0 Å². The van der Waals surface area contributed by atoms with Crippen LogP contribution in [0.4, 0.5) is 0 Å². The second kappa shape index (κ2) is 11.0. The van der Waals surface area contributed by atoms with E-state index in [4.69, 9.17) is 16.7 Å². The molecule has 0 aliphatic rings. The maximum absolute atomic E-state index is 10.1. The average molecular weight is 227 g/mol. The fraction of sp³-hybridized carbons (Fsp3) is 0. The molecule has 13 heavy (non-hydrogen) atoms. The van der Waals surface area contributed by atoms with Gasteiger partial charge in [0.15, 0.2) is 5.22 Å². The Morgan fingerprint density at radius 1 is 1.31 bits per heavy atom. The first-order valence-electron chi connectivity index (χ1n) is 2.19. The Labute approximate surface area is 124 Å². The normalized spacial score (nSPS) is 6.54. The standard InChI is InChI=1S/C5H3ClO3.2Na.2H2O/c6-4-2-1-3(9-4)5(7)8;;;;/h1-2H,(H,7,8);;;2*1H2/q;2*+1;;/p-2. The quantitative estimate of drug-likeness (QED) is 0.484. The van der Waals surface area contributed by atoms with Crippen molar-refractivity contribution in [3.8, 4) is 0 Å². The van der Waals surface area contributed by atoms with E-state index in [2.05, 4.69) is 4.42 Å². The fourth-order valence-electron chi connectivity index (χ4n) is 0.429. The molecular formula is C5H5ClNa2O5. The zero-order valence-electron chi connectivity index (χ0n) is 7.19. The molecule has 0 radical (unpaired) electrons. The van der Waals surface area contributed by atoms with Gasteiger partial charge >= 0.3 is 65.1 Å². The Morgan fingerprint density at radius 3 is 1.92 bits per heavy atom. The molecule has 0 aliphatic heterocycles. The van der Waals surface area contributed by atoms with Crippen LogP contribution in [-0.2, 0) is 0 Å². The van der Waals surface area contributed by atoms with Crippen molar-refractivity contribution in [3.63, 3.8) is 0 Å². The number of carbonyl (C=O) groups is 1. The summed E-state index contributed by atoms with van der Waals surface area (Å²) >= 11 is 5.27. The van der Waals surface area contributed by atoms with Crippen molar-refractivity contribution in [2.24, 2.45) is 0 Å².